The van der Waals surface area contributed by atoms with Gasteiger partial charge in [-0.1, -0.05) is 29.4 Å². The first-order valence-electron chi connectivity index (χ1n) is 6.78. The van der Waals surface area contributed by atoms with E-state index in [1.165, 1.54) is 11.8 Å². The van der Waals surface area contributed by atoms with Crippen molar-refractivity contribution in [2.45, 2.75) is 38.3 Å². The van der Waals surface area contributed by atoms with E-state index in [2.05, 4.69) is 10.2 Å². The Labute approximate surface area is 133 Å². The Morgan fingerprint density at radius 1 is 1.33 bits per heavy atom. The van der Waals surface area contributed by atoms with E-state index in [4.69, 9.17) is 16.0 Å². The molecule has 0 amide bonds. The molecule has 21 heavy (non-hydrogen) atoms. The van der Waals surface area contributed by atoms with Crippen molar-refractivity contribution >= 4 is 29.1 Å². The Morgan fingerprint density at radius 2 is 2.14 bits per heavy atom. The van der Waals surface area contributed by atoms with E-state index in [1.54, 1.807) is 6.92 Å². The maximum Gasteiger partial charge on any atom is 0.276 e. The molecule has 0 bridgehead atoms. The van der Waals surface area contributed by atoms with Gasteiger partial charge in [0.25, 0.3) is 5.22 Å². The molecule has 2 rings (SSSR count). The average molecular weight is 325 g/mol. The quantitative estimate of drug-likeness (QED) is 0.552. The van der Waals surface area contributed by atoms with Gasteiger partial charge in [-0.05, 0) is 44.4 Å². The number of carbonyl (C=O) groups is 1. The predicted octanol–water partition coefficient (Wildman–Crippen LogP) is 4.55. The molecule has 0 radical (unpaired) electrons. The van der Waals surface area contributed by atoms with Gasteiger partial charge in [0, 0.05) is 12.2 Å². The summed E-state index contributed by atoms with van der Waals surface area (Å²) in [4.78, 5) is 10.8. The highest BCUT2D eigenvalue weighted by molar-refractivity contribution is 7.99. The van der Waals surface area contributed by atoms with Crippen molar-refractivity contribution in [3.05, 3.63) is 28.8 Å². The van der Waals surface area contributed by atoms with Crippen LogP contribution in [-0.2, 0) is 4.79 Å². The number of nitrogens with zero attached hydrogens (tertiary/aromatic N) is 2. The number of hydrogen-bond acceptors (Lipinski definition) is 5. The van der Waals surface area contributed by atoms with E-state index >= 15 is 0 Å². The second-order valence-electron chi connectivity index (χ2n) is 4.86. The van der Waals surface area contributed by atoms with Gasteiger partial charge in [-0.25, -0.2) is 0 Å². The Kier molecular flexibility index (Phi) is 5.82. The second kappa shape index (κ2) is 7.61. The third-order valence-electron chi connectivity index (χ3n) is 2.91. The van der Waals surface area contributed by atoms with E-state index in [0.717, 1.165) is 29.7 Å². The summed E-state index contributed by atoms with van der Waals surface area (Å²) in [6.07, 6.45) is 2.48. The summed E-state index contributed by atoms with van der Waals surface area (Å²) in [5.74, 6) is 1.52. The molecule has 0 aliphatic carbocycles. The number of halogens is 1. The van der Waals surface area contributed by atoms with Gasteiger partial charge in [-0.15, -0.1) is 10.2 Å². The third kappa shape index (κ3) is 4.86. The van der Waals surface area contributed by atoms with Crippen LogP contribution in [0.2, 0.25) is 5.02 Å². The average Bonchev–Trinajstić information content (AvgIpc) is 2.86. The van der Waals surface area contributed by atoms with Gasteiger partial charge in [0.2, 0.25) is 5.89 Å². The third-order valence-corrected chi connectivity index (χ3v) is 4.13. The molecule has 0 spiro atoms. The Bertz CT molecular complexity index is 628. The Morgan fingerprint density at radius 3 is 2.86 bits per heavy atom. The van der Waals surface area contributed by atoms with Crippen LogP contribution in [0.5, 0.6) is 0 Å². The topological polar surface area (TPSA) is 56.0 Å². The van der Waals surface area contributed by atoms with Crippen molar-refractivity contribution < 1.29 is 9.21 Å². The number of benzene rings is 1. The van der Waals surface area contributed by atoms with Crippen LogP contribution in [0.3, 0.4) is 0 Å². The molecule has 0 aliphatic rings. The molecule has 0 saturated carbocycles. The van der Waals surface area contributed by atoms with Crippen molar-refractivity contribution in [1.82, 2.24) is 10.2 Å². The smallest absolute Gasteiger partial charge is 0.276 e. The molecule has 112 valence electrons. The second-order valence-corrected chi connectivity index (χ2v) is 6.32. The number of Topliss-reactive ketones (excluding diaryl/α,β-unsaturated/α-hetero) is 1. The molecule has 4 nitrogen and oxygen atoms in total. The number of aryl methyl sites for hydroxylation is 1. The van der Waals surface area contributed by atoms with E-state index in [-0.39, 0.29) is 5.78 Å². The monoisotopic (exact) mass is 324 g/mol. The SMILES string of the molecule is CC(=O)CCCCSc1nnc(-c2ccc(C)cc2Cl)o1. The number of ketones is 1. The number of rotatable bonds is 7. The van der Waals surface area contributed by atoms with Crippen LogP contribution in [0.1, 0.15) is 31.7 Å². The van der Waals surface area contributed by atoms with Crippen LogP contribution in [-0.4, -0.2) is 21.7 Å². The van der Waals surface area contributed by atoms with Crippen molar-refractivity contribution in [3.63, 3.8) is 0 Å². The van der Waals surface area contributed by atoms with Gasteiger partial charge in [0.15, 0.2) is 0 Å². The van der Waals surface area contributed by atoms with Crippen molar-refractivity contribution in [3.8, 4) is 11.5 Å². The lowest BCUT2D eigenvalue weighted by molar-refractivity contribution is -0.117. The van der Waals surface area contributed by atoms with E-state index in [1.807, 2.05) is 25.1 Å². The first-order valence-corrected chi connectivity index (χ1v) is 8.15. The minimum Gasteiger partial charge on any atom is -0.411 e. The lowest BCUT2D eigenvalue weighted by atomic mass is 10.1. The molecule has 0 fully saturated rings. The molecule has 2 aromatic rings. The van der Waals surface area contributed by atoms with Crippen LogP contribution >= 0.6 is 23.4 Å². The van der Waals surface area contributed by atoms with Crippen LogP contribution in [0, 0.1) is 6.92 Å². The first kappa shape index (κ1) is 16.0. The minimum absolute atomic E-state index is 0.231. The molecule has 1 aromatic heterocycles. The number of thioether (sulfide) groups is 1. The van der Waals surface area contributed by atoms with Gasteiger partial charge in [0.1, 0.15) is 5.78 Å². The van der Waals surface area contributed by atoms with Crippen molar-refractivity contribution in [2.24, 2.45) is 0 Å². The highest BCUT2D eigenvalue weighted by atomic mass is 35.5. The fourth-order valence-corrected chi connectivity index (χ4v) is 2.88. The zero-order chi connectivity index (χ0) is 15.2. The summed E-state index contributed by atoms with van der Waals surface area (Å²) in [7, 11) is 0. The van der Waals surface area contributed by atoms with Gasteiger partial charge in [-0.2, -0.15) is 0 Å². The van der Waals surface area contributed by atoms with Crippen LogP contribution < -0.4 is 0 Å². The fourth-order valence-electron chi connectivity index (χ4n) is 1.81. The molecule has 0 saturated heterocycles. The molecule has 0 unspecified atom stereocenters. The molecule has 1 heterocycles. The Balaban J connectivity index is 1.91. The number of unbranched alkanes of at least 4 members (excludes halogenated alkanes) is 1. The number of hydrogen-bond donors (Lipinski definition) is 0. The normalized spacial score (nSPS) is 10.8. The maximum absolute atomic E-state index is 10.8. The van der Waals surface area contributed by atoms with E-state index in [0.29, 0.717) is 22.6 Å². The predicted molar refractivity (Wildman–Crippen MR) is 84.7 cm³/mol. The minimum atomic E-state index is 0.231. The summed E-state index contributed by atoms with van der Waals surface area (Å²) in [6.45, 7) is 3.59. The summed E-state index contributed by atoms with van der Waals surface area (Å²) in [5, 5.41) is 9.18. The highest BCUT2D eigenvalue weighted by Crippen LogP contribution is 2.29. The molecule has 0 aliphatic heterocycles. The standard InChI is InChI=1S/C15H17ClN2O2S/c1-10-6-7-12(13(16)9-10)14-17-18-15(20-14)21-8-4-3-5-11(2)19/h6-7,9H,3-5,8H2,1-2H3. The van der Waals surface area contributed by atoms with Crippen LogP contribution in [0.4, 0.5) is 0 Å². The van der Waals surface area contributed by atoms with E-state index in [9.17, 15) is 4.79 Å². The molecule has 1 aromatic carbocycles. The summed E-state index contributed by atoms with van der Waals surface area (Å²) in [5.41, 5.74) is 1.83. The maximum atomic E-state index is 10.8. The largest absolute Gasteiger partial charge is 0.411 e. The molecular formula is C15H17ClN2O2S. The van der Waals surface area contributed by atoms with Gasteiger partial charge in [-0.3, -0.25) is 0 Å². The molecule has 0 N–H and O–H groups in total. The molecule has 6 heteroatoms. The fraction of sp³-hybridized carbons (Fsp3) is 0.400. The number of aromatic nitrogens is 2. The van der Waals surface area contributed by atoms with Gasteiger partial charge >= 0.3 is 0 Å². The van der Waals surface area contributed by atoms with Gasteiger partial charge < -0.3 is 9.21 Å². The summed E-state index contributed by atoms with van der Waals surface area (Å²) in [6, 6.07) is 5.71. The van der Waals surface area contributed by atoms with Crippen LogP contribution in [0.25, 0.3) is 11.5 Å². The van der Waals surface area contributed by atoms with Crippen LogP contribution in [0.15, 0.2) is 27.8 Å². The molecule has 0 atom stereocenters. The lowest BCUT2D eigenvalue weighted by Crippen LogP contribution is -1.90. The number of carbonyl (C=O) groups excluding carboxylic acids is 1. The van der Waals surface area contributed by atoms with Crippen molar-refractivity contribution in [1.29, 1.82) is 0 Å². The summed E-state index contributed by atoms with van der Waals surface area (Å²) < 4.78 is 5.61. The van der Waals surface area contributed by atoms with E-state index < -0.39 is 0 Å². The van der Waals surface area contributed by atoms with Gasteiger partial charge in [0.05, 0.1) is 10.6 Å². The Hall–Kier alpha value is -1.33. The highest BCUT2D eigenvalue weighted by Gasteiger charge is 2.12. The zero-order valence-electron chi connectivity index (χ0n) is 12.1. The lowest BCUT2D eigenvalue weighted by Gasteiger charge is -2.00. The summed E-state index contributed by atoms with van der Waals surface area (Å²) >= 11 is 7.68. The molecular weight excluding hydrogens is 308 g/mol. The zero-order valence-corrected chi connectivity index (χ0v) is 13.6. The van der Waals surface area contributed by atoms with Crippen molar-refractivity contribution in [2.75, 3.05) is 5.75 Å². The first-order chi connectivity index (χ1) is 10.1.